The summed E-state index contributed by atoms with van der Waals surface area (Å²) < 4.78 is 18.3. The molecule has 0 bridgehead atoms. The molecule has 164 valence electrons. The first kappa shape index (κ1) is 19.6. The number of furan rings is 1. The quantitative estimate of drug-likeness (QED) is 0.539. The van der Waals surface area contributed by atoms with Crippen molar-refractivity contribution in [3.8, 4) is 0 Å². The molecule has 0 amide bonds. The van der Waals surface area contributed by atoms with E-state index in [0.29, 0.717) is 29.5 Å². The Hall–Kier alpha value is -1.06. The smallest absolute Gasteiger partial charge is 0.129 e. The van der Waals surface area contributed by atoms with Gasteiger partial charge in [0, 0.05) is 12.5 Å². The van der Waals surface area contributed by atoms with Crippen molar-refractivity contribution in [3.05, 3.63) is 35.8 Å². The van der Waals surface area contributed by atoms with E-state index < -0.39 is 0 Å². The zero-order chi connectivity index (χ0) is 20.7. The second-order valence-electron chi connectivity index (χ2n) is 11.5. The maximum absolute atomic E-state index is 6.49. The average Bonchev–Trinajstić information content (AvgIpc) is 3.04. The Labute approximate surface area is 181 Å². The van der Waals surface area contributed by atoms with Crippen LogP contribution in [0.5, 0.6) is 0 Å². The van der Waals surface area contributed by atoms with Gasteiger partial charge in [-0.05, 0) is 104 Å². The number of hydrogen-bond donors (Lipinski definition) is 0. The largest absolute Gasteiger partial charge is 0.467 e. The average molecular weight is 411 g/mol. The van der Waals surface area contributed by atoms with Gasteiger partial charge in [0.25, 0.3) is 0 Å². The molecular weight excluding hydrogens is 372 g/mol. The van der Waals surface area contributed by atoms with E-state index in [4.69, 9.17) is 13.9 Å². The first-order chi connectivity index (χ1) is 14.5. The second kappa shape index (κ2) is 6.48. The lowest BCUT2D eigenvalue weighted by molar-refractivity contribution is -0.152. The van der Waals surface area contributed by atoms with E-state index >= 15 is 0 Å². The predicted octanol–water partition coefficient (Wildman–Crippen LogP) is 6.39. The molecule has 5 aliphatic carbocycles. The van der Waals surface area contributed by atoms with Crippen LogP contribution in [0.1, 0.15) is 71.5 Å². The lowest BCUT2D eigenvalue weighted by atomic mass is 9.46. The zero-order valence-electron chi connectivity index (χ0n) is 19.2. The maximum Gasteiger partial charge on any atom is 0.129 e. The van der Waals surface area contributed by atoms with Crippen molar-refractivity contribution in [1.29, 1.82) is 0 Å². The number of methoxy groups -OCH3 is 1. The Kier molecular flexibility index (Phi) is 4.24. The van der Waals surface area contributed by atoms with Gasteiger partial charge in [0.15, 0.2) is 0 Å². The Bertz CT molecular complexity index is 842. The van der Waals surface area contributed by atoms with Gasteiger partial charge in [-0.1, -0.05) is 19.9 Å². The normalized spacial score (nSPS) is 52.6. The van der Waals surface area contributed by atoms with Crippen LogP contribution in [0.2, 0.25) is 0 Å². The molecule has 5 aliphatic rings. The highest BCUT2D eigenvalue weighted by Gasteiger charge is 2.77. The minimum Gasteiger partial charge on any atom is -0.467 e. The van der Waals surface area contributed by atoms with E-state index in [1.165, 1.54) is 44.9 Å². The molecule has 1 aromatic heterocycles. The summed E-state index contributed by atoms with van der Waals surface area (Å²) in [5, 5.41) is 0. The maximum atomic E-state index is 6.49. The molecule has 9 atom stereocenters. The van der Waals surface area contributed by atoms with Crippen molar-refractivity contribution in [1.82, 2.24) is 0 Å². The van der Waals surface area contributed by atoms with Gasteiger partial charge in [-0.25, -0.2) is 0 Å². The fraction of sp³-hybridized carbons (Fsp3) is 0.778. The van der Waals surface area contributed by atoms with Gasteiger partial charge < -0.3 is 13.9 Å². The van der Waals surface area contributed by atoms with Gasteiger partial charge in [-0.2, -0.15) is 0 Å². The third-order valence-electron chi connectivity index (χ3n) is 11.0. The molecular formula is C27H38O3. The number of hydrogen-bond acceptors (Lipinski definition) is 3. The van der Waals surface area contributed by atoms with Gasteiger partial charge in [-0.15, -0.1) is 0 Å². The summed E-state index contributed by atoms with van der Waals surface area (Å²) in [5.74, 6) is 4.24. The highest BCUT2D eigenvalue weighted by atomic mass is 16.5. The van der Waals surface area contributed by atoms with E-state index in [2.05, 4.69) is 26.8 Å². The molecule has 5 fully saturated rings. The second-order valence-corrected chi connectivity index (χ2v) is 11.5. The fourth-order valence-electron chi connectivity index (χ4n) is 9.67. The van der Waals surface area contributed by atoms with Crippen molar-refractivity contribution in [3.63, 3.8) is 0 Å². The van der Waals surface area contributed by atoms with E-state index in [1.54, 1.807) is 11.8 Å². The standard InChI is InChI=1S/C27H38O3/c1-5-20-23(30-16-18-7-6-12-29-18)14-22-19-13-24(28-4)27-15-17(27)8-11-26(27,3)21(19)9-10-25(20,22)2/h5-7,12,17,19,21-24H,8-11,13-16H2,1-4H3/b20-5-/t17-,19-,21+,22+,23+,24-,25-,26-,27+/m1/s1. The summed E-state index contributed by atoms with van der Waals surface area (Å²) in [7, 11) is 1.98. The number of ether oxygens (including phenoxy) is 2. The fourth-order valence-corrected chi connectivity index (χ4v) is 9.67. The van der Waals surface area contributed by atoms with Crippen molar-refractivity contribution in [2.45, 2.75) is 84.5 Å². The van der Waals surface area contributed by atoms with Crippen molar-refractivity contribution >= 4 is 0 Å². The summed E-state index contributed by atoms with van der Waals surface area (Å²) in [6.45, 7) is 8.00. The molecule has 1 heterocycles. The first-order valence-electron chi connectivity index (χ1n) is 12.3. The minimum atomic E-state index is 0.232. The van der Waals surface area contributed by atoms with Gasteiger partial charge in [0.2, 0.25) is 0 Å². The molecule has 0 unspecified atom stereocenters. The highest BCUT2D eigenvalue weighted by molar-refractivity contribution is 5.31. The van der Waals surface area contributed by atoms with Gasteiger partial charge in [0.05, 0.1) is 18.5 Å². The molecule has 0 aromatic carbocycles. The van der Waals surface area contributed by atoms with Crippen LogP contribution in [-0.4, -0.2) is 19.3 Å². The Morgan fingerprint density at radius 2 is 2.03 bits per heavy atom. The van der Waals surface area contributed by atoms with Crippen molar-refractivity contribution in [2.24, 2.45) is 39.9 Å². The highest BCUT2D eigenvalue weighted by Crippen LogP contribution is 2.82. The SMILES string of the molecule is C/C=C1/[C@@H](OCc2ccco2)C[C@H]2[C@@H]3C[C@@H](OC)[C@]45C[C@H]4CC[C@]5(C)[C@H]3CC[C@]12C. The molecule has 30 heavy (non-hydrogen) atoms. The molecule has 0 N–H and O–H groups in total. The summed E-state index contributed by atoms with van der Waals surface area (Å²) in [6, 6.07) is 3.97. The summed E-state index contributed by atoms with van der Waals surface area (Å²) in [5.41, 5.74) is 2.83. The summed E-state index contributed by atoms with van der Waals surface area (Å²) >= 11 is 0. The van der Waals surface area contributed by atoms with Crippen molar-refractivity contribution < 1.29 is 13.9 Å². The van der Waals surface area contributed by atoms with Crippen molar-refractivity contribution in [2.75, 3.05) is 7.11 Å². The zero-order valence-corrected chi connectivity index (χ0v) is 19.2. The third kappa shape index (κ3) is 2.29. The van der Waals surface area contributed by atoms with Crippen LogP contribution < -0.4 is 0 Å². The van der Waals surface area contributed by atoms with E-state index in [1.807, 2.05) is 19.2 Å². The van der Waals surface area contributed by atoms with Crippen LogP contribution in [0.15, 0.2) is 34.5 Å². The lowest BCUT2D eigenvalue weighted by Gasteiger charge is -2.60. The first-order valence-corrected chi connectivity index (χ1v) is 12.3. The Morgan fingerprint density at radius 1 is 1.17 bits per heavy atom. The molecule has 0 radical (unpaired) electrons. The number of rotatable bonds is 4. The Balaban J connectivity index is 1.30. The minimum absolute atomic E-state index is 0.232. The molecule has 3 nitrogen and oxygen atoms in total. The molecule has 1 aromatic rings. The van der Waals surface area contributed by atoms with Crippen LogP contribution >= 0.6 is 0 Å². The molecule has 3 heteroatoms. The van der Waals surface area contributed by atoms with Crippen LogP contribution in [0.4, 0.5) is 0 Å². The van der Waals surface area contributed by atoms with Crippen LogP contribution in [0.3, 0.4) is 0 Å². The van der Waals surface area contributed by atoms with Gasteiger partial charge in [-0.3, -0.25) is 0 Å². The monoisotopic (exact) mass is 410 g/mol. The van der Waals surface area contributed by atoms with E-state index in [-0.39, 0.29) is 11.5 Å². The number of allylic oxidation sites excluding steroid dienone is 1. The molecule has 6 rings (SSSR count). The van der Waals surface area contributed by atoms with Gasteiger partial charge >= 0.3 is 0 Å². The van der Waals surface area contributed by atoms with E-state index in [0.717, 1.165) is 23.5 Å². The van der Waals surface area contributed by atoms with Gasteiger partial charge in [0.1, 0.15) is 12.4 Å². The predicted molar refractivity (Wildman–Crippen MR) is 117 cm³/mol. The molecule has 5 saturated carbocycles. The Morgan fingerprint density at radius 3 is 2.73 bits per heavy atom. The topological polar surface area (TPSA) is 31.6 Å². The van der Waals surface area contributed by atoms with Crippen LogP contribution in [0, 0.1) is 39.9 Å². The lowest BCUT2D eigenvalue weighted by Crippen LogP contribution is -2.56. The van der Waals surface area contributed by atoms with Crippen LogP contribution in [0.25, 0.3) is 0 Å². The summed E-state index contributed by atoms with van der Waals surface area (Å²) in [4.78, 5) is 0. The molecule has 0 aliphatic heterocycles. The van der Waals surface area contributed by atoms with E-state index in [9.17, 15) is 0 Å². The molecule has 1 spiro atoms. The van der Waals surface area contributed by atoms with Crippen LogP contribution in [-0.2, 0) is 16.1 Å². The summed E-state index contributed by atoms with van der Waals surface area (Å²) in [6.07, 6.45) is 14.3. The molecule has 0 saturated heterocycles. The number of fused-ring (bicyclic) bond motifs is 4. The third-order valence-corrected chi connectivity index (χ3v) is 11.0.